The normalized spacial score (nSPS) is 16.4. The zero-order valence-corrected chi connectivity index (χ0v) is 18.3. The molecule has 11 heteroatoms. The van der Waals surface area contributed by atoms with E-state index in [2.05, 4.69) is 20.4 Å². The molecular formula is C22H23F4N5O2. The van der Waals surface area contributed by atoms with Gasteiger partial charge < -0.3 is 10.1 Å². The molecule has 3 aromatic rings. The van der Waals surface area contributed by atoms with Gasteiger partial charge in [-0.15, -0.1) is 0 Å². The minimum absolute atomic E-state index is 0.147. The molecule has 0 bridgehead atoms. The summed E-state index contributed by atoms with van der Waals surface area (Å²) in [5.74, 6) is -1.78. The third-order valence-corrected chi connectivity index (χ3v) is 5.92. The second kappa shape index (κ2) is 8.36. The van der Waals surface area contributed by atoms with Crippen molar-refractivity contribution in [2.75, 3.05) is 13.2 Å². The van der Waals surface area contributed by atoms with Crippen LogP contribution in [0.5, 0.6) is 0 Å². The topological polar surface area (TPSA) is 81.4 Å². The zero-order valence-electron chi connectivity index (χ0n) is 18.3. The van der Waals surface area contributed by atoms with Gasteiger partial charge in [0.2, 0.25) is 0 Å². The Morgan fingerprint density at radius 2 is 1.91 bits per heavy atom. The van der Waals surface area contributed by atoms with Crippen LogP contribution in [0.4, 0.5) is 17.6 Å². The average Bonchev–Trinajstić information content (AvgIpc) is 3.08. The van der Waals surface area contributed by atoms with Crippen molar-refractivity contribution in [3.63, 3.8) is 0 Å². The molecule has 4 rings (SSSR count). The number of nitrogens with zero attached hydrogens (tertiary/aromatic N) is 4. The van der Waals surface area contributed by atoms with Crippen molar-refractivity contribution >= 4 is 11.6 Å². The average molecular weight is 465 g/mol. The van der Waals surface area contributed by atoms with E-state index >= 15 is 0 Å². The molecule has 0 radical (unpaired) electrons. The molecule has 0 atom stereocenters. The SMILES string of the molecule is Cc1nn2cc(C(C)C)cnc2c1C(=O)NC1(c2cnc(C(F)(F)F)c(F)c2)CCOCC1. The summed E-state index contributed by atoms with van der Waals surface area (Å²) in [7, 11) is 0. The smallest absolute Gasteiger partial charge is 0.381 e. The molecule has 1 fully saturated rings. The van der Waals surface area contributed by atoms with Gasteiger partial charge in [0.15, 0.2) is 17.2 Å². The number of aromatic nitrogens is 4. The summed E-state index contributed by atoms with van der Waals surface area (Å²) < 4.78 is 60.2. The first-order valence-corrected chi connectivity index (χ1v) is 10.5. The number of hydrogen-bond acceptors (Lipinski definition) is 5. The molecule has 0 aliphatic carbocycles. The summed E-state index contributed by atoms with van der Waals surface area (Å²) >= 11 is 0. The highest BCUT2D eigenvalue weighted by atomic mass is 19.4. The first-order valence-electron chi connectivity index (χ1n) is 10.5. The van der Waals surface area contributed by atoms with Crippen LogP contribution in [0.3, 0.4) is 0 Å². The van der Waals surface area contributed by atoms with E-state index in [-0.39, 0.29) is 43.1 Å². The molecule has 33 heavy (non-hydrogen) atoms. The van der Waals surface area contributed by atoms with Gasteiger partial charge in [0.1, 0.15) is 5.56 Å². The van der Waals surface area contributed by atoms with Gasteiger partial charge in [-0.2, -0.15) is 18.3 Å². The minimum atomic E-state index is -4.91. The van der Waals surface area contributed by atoms with Gasteiger partial charge in [-0.25, -0.2) is 18.9 Å². The van der Waals surface area contributed by atoms with Crippen molar-refractivity contribution in [3.8, 4) is 0 Å². The summed E-state index contributed by atoms with van der Waals surface area (Å²) in [6.07, 6.45) is 0.0211. The quantitative estimate of drug-likeness (QED) is 0.586. The van der Waals surface area contributed by atoms with E-state index in [1.54, 1.807) is 19.3 Å². The maximum absolute atomic E-state index is 14.3. The fourth-order valence-corrected chi connectivity index (χ4v) is 4.02. The number of carbonyl (C=O) groups excluding carboxylic acids is 1. The van der Waals surface area contributed by atoms with Crippen LogP contribution in [0.1, 0.15) is 65.5 Å². The van der Waals surface area contributed by atoms with Gasteiger partial charge in [0, 0.05) is 31.8 Å². The molecule has 7 nitrogen and oxygen atoms in total. The molecule has 4 heterocycles. The number of fused-ring (bicyclic) bond motifs is 1. The van der Waals surface area contributed by atoms with Crippen molar-refractivity contribution in [2.45, 2.75) is 51.2 Å². The number of nitrogens with one attached hydrogen (secondary N) is 1. The zero-order chi connectivity index (χ0) is 24.0. The van der Waals surface area contributed by atoms with E-state index < -0.39 is 29.1 Å². The van der Waals surface area contributed by atoms with E-state index in [9.17, 15) is 22.4 Å². The Morgan fingerprint density at radius 1 is 1.21 bits per heavy atom. The predicted molar refractivity (Wildman–Crippen MR) is 110 cm³/mol. The third kappa shape index (κ3) is 4.29. The second-order valence-electron chi connectivity index (χ2n) is 8.47. The van der Waals surface area contributed by atoms with Crippen LogP contribution in [0, 0.1) is 12.7 Å². The monoisotopic (exact) mass is 465 g/mol. The Hall–Kier alpha value is -3.08. The number of rotatable bonds is 4. The third-order valence-electron chi connectivity index (χ3n) is 5.92. The maximum Gasteiger partial charge on any atom is 0.436 e. The van der Waals surface area contributed by atoms with Crippen molar-refractivity contribution in [2.24, 2.45) is 0 Å². The fourth-order valence-electron chi connectivity index (χ4n) is 4.02. The van der Waals surface area contributed by atoms with E-state index in [0.29, 0.717) is 11.3 Å². The van der Waals surface area contributed by atoms with Gasteiger partial charge in [0.25, 0.3) is 5.91 Å². The lowest BCUT2D eigenvalue weighted by Crippen LogP contribution is -2.49. The first kappa shape index (κ1) is 23.1. The lowest BCUT2D eigenvalue weighted by molar-refractivity contribution is -0.143. The summed E-state index contributed by atoms with van der Waals surface area (Å²) in [5.41, 5.74) is -0.600. The second-order valence-corrected chi connectivity index (χ2v) is 8.47. The lowest BCUT2D eigenvalue weighted by Gasteiger charge is -2.38. The van der Waals surface area contributed by atoms with Gasteiger partial charge in [-0.3, -0.25) is 4.79 Å². The van der Waals surface area contributed by atoms with E-state index in [0.717, 1.165) is 17.8 Å². The Balaban J connectivity index is 1.72. The molecule has 1 amide bonds. The summed E-state index contributed by atoms with van der Waals surface area (Å²) in [6.45, 7) is 6.19. The number of ether oxygens (including phenoxy) is 1. The molecule has 0 aromatic carbocycles. The molecule has 1 saturated heterocycles. The maximum atomic E-state index is 14.3. The van der Waals surface area contributed by atoms with Crippen LogP contribution in [0.25, 0.3) is 5.65 Å². The number of hydrogen-bond donors (Lipinski definition) is 1. The van der Waals surface area contributed by atoms with Gasteiger partial charge in [0.05, 0.1) is 11.2 Å². The molecule has 1 aliphatic heterocycles. The van der Waals surface area contributed by atoms with Crippen LogP contribution >= 0.6 is 0 Å². The van der Waals surface area contributed by atoms with Crippen molar-refractivity contribution in [1.29, 1.82) is 0 Å². The molecular weight excluding hydrogens is 442 g/mol. The number of pyridine rings is 1. The molecule has 0 spiro atoms. The van der Waals surface area contributed by atoms with Crippen LogP contribution in [0.2, 0.25) is 0 Å². The Morgan fingerprint density at radius 3 is 2.52 bits per heavy atom. The highest BCUT2D eigenvalue weighted by Gasteiger charge is 2.41. The Kier molecular flexibility index (Phi) is 5.85. The molecule has 3 aromatic heterocycles. The number of carbonyl (C=O) groups is 1. The fraction of sp³-hybridized carbons (Fsp3) is 0.455. The largest absolute Gasteiger partial charge is 0.436 e. The Labute approximate surface area is 187 Å². The van der Waals surface area contributed by atoms with Crippen molar-refractivity contribution in [1.82, 2.24) is 24.9 Å². The molecule has 1 aliphatic rings. The minimum Gasteiger partial charge on any atom is -0.381 e. The highest BCUT2D eigenvalue weighted by Crippen LogP contribution is 2.36. The predicted octanol–water partition coefficient (Wildman–Crippen LogP) is 4.15. The number of aryl methyl sites for hydroxylation is 1. The van der Waals surface area contributed by atoms with Crippen molar-refractivity contribution < 1.29 is 27.1 Å². The van der Waals surface area contributed by atoms with E-state index in [1.807, 2.05) is 13.8 Å². The van der Waals surface area contributed by atoms with Crippen molar-refractivity contribution in [3.05, 3.63) is 58.6 Å². The summed E-state index contributed by atoms with van der Waals surface area (Å²) in [5, 5.41) is 7.30. The number of amides is 1. The number of alkyl halides is 3. The van der Waals surface area contributed by atoms with Gasteiger partial charge in [-0.05, 0) is 42.9 Å². The first-order chi connectivity index (χ1) is 15.5. The highest BCUT2D eigenvalue weighted by molar-refractivity contribution is 6.01. The van der Waals surface area contributed by atoms with Gasteiger partial charge in [-0.1, -0.05) is 13.8 Å². The standard InChI is InChI=1S/C22H23F4N5O2/c1-12(2)14-9-28-19-17(13(3)30-31(19)11-14)20(32)29-21(4-6-33-7-5-21)15-8-16(23)18(27-10-15)22(24,25)26/h8-12H,4-7H2,1-3H3,(H,29,32). The summed E-state index contributed by atoms with van der Waals surface area (Å²) in [4.78, 5) is 21.1. The molecule has 0 saturated carbocycles. The molecule has 0 unspecified atom stereocenters. The summed E-state index contributed by atoms with van der Waals surface area (Å²) in [6, 6.07) is 0.789. The van der Waals surface area contributed by atoms with Crippen LogP contribution in [0.15, 0.2) is 24.7 Å². The van der Waals surface area contributed by atoms with Crippen LogP contribution in [-0.4, -0.2) is 38.7 Å². The van der Waals surface area contributed by atoms with Gasteiger partial charge >= 0.3 is 6.18 Å². The molecule has 176 valence electrons. The lowest BCUT2D eigenvalue weighted by atomic mass is 9.83. The van der Waals surface area contributed by atoms with E-state index in [4.69, 9.17) is 4.74 Å². The molecule has 1 N–H and O–H groups in total. The Bertz CT molecular complexity index is 1200. The van der Waals surface area contributed by atoms with E-state index in [1.165, 1.54) is 4.52 Å². The number of halogens is 4. The van der Waals surface area contributed by atoms with Crippen LogP contribution < -0.4 is 5.32 Å². The van der Waals surface area contributed by atoms with Crippen LogP contribution in [-0.2, 0) is 16.5 Å².